The number of para-hydroxylation sites is 2. The first-order valence-corrected chi connectivity index (χ1v) is 6.01. The van der Waals surface area contributed by atoms with Crippen LogP contribution < -0.4 is 9.47 Å². The number of phenolic OH excluding ortho intramolecular Hbond substituents is 1. The number of hydrogen-bond acceptors (Lipinski definition) is 4. The minimum atomic E-state index is -1.05. The summed E-state index contributed by atoms with van der Waals surface area (Å²) in [4.78, 5) is 10.8. The smallest absolute Gasteiger partial charge is 0.344 e. The number of ether oxygens (including phenoxy) is 2. The van der Waals surface area contributed by atoms with Crippen LogP contribution >= 0.6 is 0 Å². The van der Waals surface area contributed by atoms with E-state index in [1.807, 2.05) is 0 Å². The van der Waals surface area contributed by atoms with Crippen LogP contribution in [0.2, 0.25) is 0 Å². The molecule has 0 radical (unpaired) electrons. The zero-order valence-corrected chi connectivity index (χ0v) is 10.8. The van der Waals surface area contributed by atoms with Gasteiger partial charge in [0.2, 0.25) is 0 Å². The normalized spacial score (nSPS) is 11.7. The molecule has 0 unspecified atom stereocenters. The molecular formula is C15H14O5. The molecule has 0 aliphatic heterocycles. The van der Waals surface area contributed by atoms with E-state index in [9.17, 15) is 9.90 Å². The molecule has 2 aromatic rings. The van der Waals surface area contributed by atoms with Gasteiger partial charge in [0.1, 0.15) is 11.5 Å². The van der Waals surface area contributed by atoms with Gasteiger partial charge < -0.3 is 19.7 Å². The lowest BCUT2D eigenvalue weighted by Gasteiger charge is -2.14. The Balaban J connectivity index is 2.19. The van der Waals surface area contributed by atoms with Crippen LogP contribution in [0.5, 0.6) is 23.0 Å². The number of benzene rings is 2. The summed E-state index contributed by atoms with van der Waals surface area (Å²) in [6.45, 7) is 1.44. The highest BCUT2D eigenvalue weighted by molar-refractivity contribution is 5.72. The molecule has 20 heavy (non-hydrogen) atoms. The largest absolute Gasteiger partial charge is 0.508 e. The van der Waals surface area contributed by atoms with Gasteiger partial charge in [0.05, 0.1) is 0 Å². The van der Waals surface area contributed by atoms with E-state index in [1.165, 1.54) is 19.1 Å². The Morgan fingerprint density at radius 1 is 1.05 bits per heavy atom. The third kappa shape index (κ3) is 3.41. The quantitative estimate of drug-likeness (QED) is 0.876. The van der Waals surface area contributed by atoms with Crippen molar-refractivity contribution in [2.24, 2.45) is 0 Å². The molecule has 104 valence electrons. The Bertz CT molecular complexity index is 591. The van der Waals surface area contributed by atoms with Crippen LogP contribution in [0.4, 0.5) is 0 Å². The minimum absolute atomic E-state index is 0.140. The molecule has 0 aromatic heterocycles. The van der Waals surface area contributed by atoms with Gasteiger partial charge in [-0.25, -0.2) is 4.79 Å². The van der Waals surface area contributed by atoms with E-state index in [0.29, 0.717) is 17.2 Å². The van der Waals surface area contributed by atoms with Gasteiger partial charge in [0, 0.05) is 0 Å². The van der Waals surface area contributed by atoms with Gasteiger partial charge >= 0.3 is 5.97 Å². The van der Waals surface area contributed by atoms with Crippen molar-refractivity contribution >= 4 is 5.97 Å². The first kappa shape index (κ1) is 13.7. The van der Waals surface area contributed by atoms with Crippen molar-refractivity contribution in [3.63, 3.8) is 0 Å². The molecule has 5 nitrogen and oxygen atoms in total. The number of phenols is 1. The second-order valence-corrected chi connectivity index (χ2v) is 4.14. The summed E-state index contributed by atoms with van der Waals surface area (Å²) < 4.78 is 10.9. The van der Waals surface area contributed by atoms with E-state index in [1.54, 1.807) is 36.4 Å². The molecule has 0 saturated carbocycles. The van der Waals surface area contributed by atoms with Crippen molar-refractivity contribution < 1.29 is 24.5 Å². The SMILES string of the molecule is C[C@@H](Oc1ccccc1Oc1ccc(O)cc1)C(=O)O. The summed E-state index contributed by atoms with van der Waals surface area (Å²) in [5.74, 6) is 0.356. The summed E-state index contributed by atoms with van der Waals surface area (Å²) in [6.07, 6.45) is -0.973. The highest BCUT2D eigenvalue weighted by Gasteiger charge is 2.15. The number of rotatable bonds is 5. The number of carbonyl (C=O) groups is 1. The monoisotopic (exact) mass is 274 g/mol. The van der Waals surface area contributed by atoms with Gasteiger partial charge in [-0.05, 0) is 43.3 Å². The van der Waals surface area contributed by atoms with Crippen LogP contribution in [0.3, 0.4) is 0 Å². The Labute approximate surface area is 116 Å². The predicted octanol–water partition coefficient (Wildman–Crippen LogP) is 3.04. The molecule has 0 bridgehead atoms. The van der Waals surface area contributed by atoms with Crippen LogP contribution in [0, 0.1) is 0 Å². The van der Waals surface area contributed by atoms with E-state index >= 15 is 0 Å². The van der Waals surface area contributed by atoms with Crippen molar-refractivity contribution in [1.29, 1.82) is 0 Å². The number of hydrogen-bond donors (Lipinski definition) is 2. The minimum Gasteiger partial charge on any atom is -0.508 e. The maximum Gasteiger partial charge on any atom is 0.344 e. The van der Waals surface area contributed by atoms with Gasteiger partial charge in [-0.2, -0.15) is 0 Å². The molecule has 0 amide bonds. The van der Waals surface area contributed by atoms with Crippen LogP contribution in [0.15, 0.2) is 48.5 Å². The number of aliphatic carboxylic acids is 1. The Morgan fingerprint density at radius 3 is 2.25 bits per heavy atom. The van der Waals surface area contributed by atoms with Crippen molar-refractivity contribution in [2.45, 2.75) is 13.0 Å². The fourth-order valence-corrected chi connectivity index (χ4v) is 1.51. The van der Waals surface area contributed by atoms with E-state index in [-0.39, 0.29) is 5.75 Å². The molecule has 2 aromatic carbocycles. The molecular weight excluding hydrogens is 260 g/mol. The van der Waals surface area contributed by atoms with Crippen LogP contribution in [-0.2, 0) is 4.79 Å². The molecule has 0 aliphatic rings. The maximum absolute atomic E-state index is 10.8. The molecule has 0 heterocycles. The third-order valence-corrected chi connectivity index (χ3v) is 2.57. The number of aromatic hydroxyl groups is 1. The van der Waals surface area contributed by atoms with Crippen LogP contribution in [0.1, 0.15) is 6.92 Å². The molecule has 2 N–H and O–H groups in total. The van der Waals surface area contributed by atoms with Crippen LogP contribution in [0.25, 0.3) is 0 Å². The van der Waals surface area contributed by atoms with E-state index in [4.69, 9.17) is 14.6 Å². The molecule has 1 atom stereocenters. The summed E-state index contributed by atoms with van der Waals surface area (Å²) in [5, 5.41) is 18.1. The zero-order chi connectivity index (χ0) is 14.5. The van der Waals surface area contributed by atoms with Gasteiger partial charge in [-0.15, -0.1) is 0 Å². The summed E-state index contributed by atoms with van der Waals surface area (Å²) >= 11 is 0. The second kappa shape index (κ2) is 5.97. The maximum atomic E-state index is 10.8. The lowest BCUT2D eigenvalue weighted by Crippen LogP contribution is -2.23. The lowest BCUT2D eigenvalue weighted by atomic mass is 10.3. The standard InChI is InChI=1S/C15H14O5/c1-10(15(17)18)19-13-4-2-3-5-14(13)20-12-8-6-11(16)7-9-12/h2-10,16H,1H3,(H,17,18)/t10-/m1/s1. The summed E-state index contributed by atoms with van der Waals surface area (Å²) in [6, 6.07) is 13.0. The van der Waals surface area contributed by atoms with Crippen LogP contribution in [-0.4, -0.2) is 22.3 Å². The molecule has 0 spiro atoms. The molecule has 0 aliphatic carbocycles. The van der Waals surface area contributed by atoms with Crippen molar-refractivity contribution in [3.8, 4) is 23.0 Å². The highest BCUT2D eigenvalue weighted by atomic mass is 16.5. The topological polar surface area (TPSA) is 76.0 Å². The van der Waals surface area contributed by atoms with Crippen molar-refractivity contribution in [2.75, 3.05) is 0 Å². The van der Waals surface area contributed by atoms with E-state index in [0.717, 1.165) is 0 Å². The Kier molecular flexibility index (Phi) is 4.10. The van der Waals surface area contributed by atoms with E-state index in [2.05, 4.69) is 0 Å². The van der Waals surface area contributed by atoms with Gasteiger partial charge in [-0.1, -0.05) is 12.1 Å². The fraction of sp³-hybridized carbons (Fsp3) is 0.133. The van der Waals surface area contributed by atoms with Gasteiger partial charge in [0.15, 0.2) is 17.6 Å². The first-order valence-electron chi connectivity index (χ1n) is 6.01. The number of carboxylic acid groups (broad SMARTS) is 1. The average Bonchev–Trinajstić information content (AvgIpc) is 2.43. The van der Waals surface area contributed by atoms with E-state index < -0.39 is 12.1 Å². The Morgan fingerprint density at radius 2 is 1.65 bits per heavy atom. The predicted molar refractivity (Wildman–Crippen MR) is 72.3 cm³/mol. The molecule has 2 rings (SSSR count). The van der Waals surface area contributed by atoms with Gasteiger partial charge in [-0.3, -0.25) is 0 Å². The fourth-order valence-electron chi connectivity index (χ4n) is 1.51. The van der Waals surface area contributed by atoms with Gasteiger partial charge in [0.25, 0.3) is 0 Å². The highest BCUT2D eigenvalue weighted by Crippen LogP contribution is 2.32. The molecule has 5 heteroatoms. The van der Waals surface area contributed by atoms with Crippen molar-refractivity contribution in [1.82, 2.24) is 0 Å². The Hall–Kier alpha value is -2.69. The summed E-state index contributed by atoms with van der Waals surface area (Å²) in [5.41, 5.74) is 0. The summed E-state index contributed by atoms with van der Waals surface area (Å²) in [7, 11) is 0. The zero-order valence-electron chi connectivity index (χ0n) is 10.8. The first-order chi connectivity index (χ1) is 9.56. The second-order valence-electron chi connectivity index (χ2n) is 4.14. The number of carboxylic acids is 1. The third-order valence-electron chi connectivity index (χ3n) is 2.57. The lowest BCUT2D eigenvalue weighted by molar-refractivity contribution is -0.144. The molecule has 0 saturated heterocycles. The average molecular weight is 274 g/mol. The molecule has 0 fully saturated rings. The van der Waals surface area contributed by atoms with Crippen molar-refractivity contribution in [3.05, 3.63) is 48.5 Å².